The van der Waals surface area contributed by atoms with Crippen molar-refractivity contribution in [2.24, 2.45) is 0 Å². The van der Waals surface area contributed by atoms with Crippen LogP contribution >= 0.6 is 11.8 Å². The van der Waals surface area contributed by atoms with Gasteiger partial charge in [-0.25, -0.2) is 9.97 Å². The predicted octanol–water partition coefficient (Wildman–Crippen LogP) is 1.80. The van der Waals surface area contributed by atoms with Gasteiger partial charge in [0.1, 0.15) is 10.9 Å². The van der Waals surface area contributed by atoms with Crippen LogP contribution in [-0.4, -0.2) is 50.8 Å². The first-order chi connectivity index (χ1) is 9.40. The lowest BCUT2D eigenvalue weighted by atomic mass is 9.89. The van der Waals surface area contributed by atoms with Gasteiger partial charge in [0, 0.05) is 0 Å². The van der Waals surface area contributed by atoms with E-state index in [1.165, 1.54) is 11.8 Å². The van der Waals surface area contributed by atoms with Crippen LogP contribution in [0.5, 0.6) is 0 Å². The summed E-state index contributed by atoms with van der Waals surface area (Å²) in [7, 11) is 0. The number of carbonyl (C=O) groups excluding carboxylic acids is 1. The Labute approximate surface area is 123 Å². The lowest BCUT2D eigenvalue weighted by Crippen LogP contribution is -2.63. The van der Waals surface area contributed by atoms with Crippen molar-refractivity contribution in [2.45, 2.75) is 44.2 Å². The maximum atomic E-state index is 12.6. The van der Waals surface area contributed by atoms with Crippen molar-refractivity contribution >= 4 is 17.7 Å². The normalized spacial score (nSPS) is 16.9. The first-order valence-electron chi connectivity index (χ1n) is 6.81. The Hall–Kier alpha value is -1.14. The van der Waals surface area contributed by atoms with Gasteiger partial charge in [0.15, 0.2) is 0 Å². The van der Waals surface area contributed by atoms with Crippen LogP contribution in [0.3, 0.4) is 0 Å². The molecule has 0 radical (unpaired) electrons. The molecule has 1 amide bonds. The minimum atomic E-state index is -0.705. The molecule has 0 spiro atoms. The Morgan fingerprint density at radius 1 is 1.40 bits per heavy atom. The van der Waals surface area contributed by atoms with Gasteiger partial charge in [-0.05, 0) is 26.5 Å². The lowest BCUT2D eigenvalue weighted by molar-refractivity contribution is -0.0861. The third kappa shape index (κ3) is 2.81. The summed E-state index contributed by atoms with van der Waals surface area (Å²) in [4.78, 5) is 22.8. The minimum absolute atomic E-state index is 0.0763. The molecule has 6 heteroatoms. The van der Waals surface area contributed by atoms with E-state index >= 15 is 0 Å². The molecular weight excluding hydrogens is 274 g/mol. The van der Waals surface area contributed by atoms with E-state index in [1.54, 1.807) is 4.90 Å². The molecule has 0 aromatic carbocycles. The summed E-state index contributed by atoms with van der Waals surface area (Å²) in [5.74, 6) is 0.599. The molecule has 2 rings (SSSR count). The Balaban J connectivity index is 2.19. The van der Waals surface area contributed by atoms with Gasteiger partial charge in [0.05, 0.1) is 29.9 Å². The van der Waals surface area contributed by atoms with Crippen LogP contribution in [0.4, 0.5) is 0 Å². The van der Waals surface area contributed by atoms with E-state index in [9.17, 15) is 9.90 Å². The van der Waals surface area contributed by atoms with Gasteiger partial charge in [0.25, 0.3) is 5.91 Å². The van der Waals surface area contributed by atoms with E-state index in [2.05, 4.69) is 9.97 Å². The van der Waals surface area contributed by atoms with Gasteiger partial charge in [-0.15, -0.1) is 11.8 Å². The molecule has 0 aliphatic carbocycles. The highest BCUT2D eigenvalue weighted by atomic mass is 32.2. The average molecular weight is 295 g/mol. The van der Waals surface area contributed by atoms with E-state index in [0.717, 1.165) is 12.8 Å². The molecular formula is C14H21N3O2S. The third-order valence-corrected chi connectivity index (χ3v) is 4.23. The highest BCUT2D eigenvalue weighted by Crippen LogP contribution is 2.30. The summed E-state index contributed by atoms with van der Waals surface area (Å²) < 4.78 is 0. The second-order valence-corrected chi connectivity index (χ2v) is 6.17. The first kappa shape index (κ1) is 15.3. The highest BCUT2D eigenvalue weighted by Gasteiger charge is 2.43. The topological polar surface area (TPSA) is 66.3 Å². The van der Waals surface area contributed by atoms with Gasteiger partial charge in [0.2, 0.25) is 0 Å². The van der Waals surface area contributed by atoms with E-state index in [0.29, 0.717) is 35.2 Å². The maximum absolute atomic E-state index is 12.6. The average Bonchev–Trinajstić information content (AvgIpc) is 2.34. The SMILES string of the molecule is CCCC1(O)CN(C(=O)c2c(C)nc(C)nc2SC)C1. The molecule has 1 fully saturated rings. The zero-order chi connectivity index (χ0) is 14.9. The number of carbonyl (C=O) groups is 1. The van der Waals surface area contributed by atoms with E-state index in [4.69, 9.17) is 0 Å². The fraction of sp³-hybridized carbons (Fsp3) is 0.643. The molecule has 0 unspecified atom stereocenters. The molecule has 1 saturated heterocycles. The molecule has 1 aliphatic rings. The Bertz CT molecular complexity index is 527. The van der Waals surface area contributed by atoms with Crippen molar-refractivity contribution in [1.29, 1.82) is 0 Å². The summed E-state index contributed by atoms with van der Waals surface area (Å²) in [6.07, 6.45) is 3.55. The number of β-amino-alcohol motifs (C(OH)–C–C–N with tert-alkyl or cyclic N) is 1. The van der Waals surface area contributed by atoms with E-state index in [1.807, 2.05) is 27.0 Å². The quantitative estimate of drug-likeness (QED) is 0.678. The summed E-state index contributed by atoms with van der Waals surface area (Å²) in [6, 6.07) is 0. The maximum Gasteiger partial charge on any atom is 0.258 e. The molecule has 20 heavy (non-hydrogen) atoms. The molecule has 2 heterocycles. The smallest absolute Gasteiger partial charge is 0.258 e. The first-order valence-corrected chi connectivity index (χ1v) is 8.03. The monoisotopic (exact) mass is 295 g/mol. The number of amides is 1. The lowest BCUT2D eigenvalue weighted by Gasteiger charge is -2.46. The summed E-state index contributed by atoms with van der Waals surface area (Å²) in [5, 5.41) is 10.9. The predicted molar refractivity (Wildman–Crippen MR) is 79.0 cm³/mol. The fourth-order valence-corrected chi connectivity index (χ4v) is 3.33. The molecule has 1 aromatic rings. The molecule has 0 saturated carbocycles. The van der Waals surface area contributed by atoms with Crippen LogP contribution in [0.1, 0.15) is 41.6 Å². The van der Waals surface area contributed by atoms with Crippen LogP contribution in [0.15, 0.2) is 5.03 Å². The van der Waals surface area contributed by atoms with Crippen molar-refractivity contribution in [3.05, 3.63) is 17.1 Å². The van der Waals surface area contributed by atoms with Crippen molar-refractivity contribution in [1.82, 2.24) is 14.9 Å². The third-order valence-electron chi connectivity index (χ3n) is 3.55. The summed E-state index contributed by atoms with van der Waals surface area (Å²) >= 11 is 1.45. The van der Waals surface area contributed by atoms with Crippen molar-refractivity contribution in [3.8, 4) is 0 Å². The van der Waals surface area contributed by atoms with Crippen LogP contribution in [0, 0.1) is 13.8 Å². The second-order valence-electron chi connectivity index (χ2n) is 5.38. The van der Waals surface area contributed by atoms with Gasteiger partial charge in [-0.3, -0.25) is 4.79 Å². The van der Waals surface area contributed by atoms with Crippen LogP contribution in [-0.2, 0) is 0 Å². The van der Waals surface area contributed by atoms with E-state index in [-0.39, 0.29) is 5.91 Å². The number of thioether (sulfide) groups is 1. The number of hydrogen-bond acceptors (Lipinski definition) is 5. The van der Waals surface area contributed by atoms with Gasteiger partial charge < -0.3 is 10.0 Å². The minimum Gasteiger partial charge on any atom is -0.386 e. The van der Waals surface area contributed by atoms with Gasteiger partial charge in [-0.2, -0.15) is 0 Å². The number of aromatic nitrogens is 2. The number of nitrogens with zero attached hydrogens (tertiary/aromatic N) is 3. The molecule has 5 nitrogen and oxygen atoms in total. The van der Waals surface area contributed by atoms with E-state index < -0.39 is 5.60 Å². The largest absolute Gasteiger partial charge is 0.386 e. The van der Waals surface area contributed by atoms with Gasteiger partial charge in [-0.1, -0.05) is 13.3 Å². The number of hydrogen-bond donors (Lipinski definition) is 1. The second kappa shape index (κ2) is 5.69. The Morgan fingerprint density at radius 2 is 2.05 bits per heavy atom. The number of aliphatic hydroxyl groups is 1. The summed E-state index contributed by atoms with van der Waals surface area (Å²) in [5.41, 5.74) is 0.572. The molecule has 110 valence electrons. The van der Waals surface area contributed by atoms with Crippen molar-refractivity contribution in [2.75, 3.05) is 19.3 Å². The number of likely N-dealkylation sites (tertiary alicyclic amines) is 1. The number of aryl methyl sites for hydroxylation is 2. The molecule has 0 atom stereocenters. The van der Waals surface area contributed by atoms with Crippen LogP contribution in [0.2, 0.25) is 0 Å². The molecule has 1 aliphatic heterocycles. The van der Waals surface area contributed by atoms with Gasteiger partial charge >= 0.3 is 0 Å². The molecule has 1 N–H and O–H groups in total. The Morgan fingerprint density at radius 3 is 2.60 bits per heavy atom. The zero-order valence-electron chi connectivity index (χ0n) is 12.4. The van der Waals surface area contributed by atoms with Crippen LogP contribution < -0.4 is 0 Å². The Kier molecular flexibility index (Phi) is 4.34. The van der Waals surface area contributed by atoms with Crippen LogP contribution in [0.25, 0.3) is 0 Å². The fourth-order valence-electron chi connectivity index (χ4n) is 2.66. The van der Waals surface area contributed by atoms with Crippen molar-refractivity contribution < 1.29 is 9.90 Å². The molecule has 0 bridgehead atoms. The number of rotatable bonds is 4. The zero-order valence-corrected chi connectivity index (χ0v) is 13.3. The van der Waals surface area contributed by atoms with Crippen molar-refractivity contribution in [3.63, 3.8) is 0 Å². The molecule has 1 aromatic heterocycles. The summed E-state index contributed by atoms with van der Waals surface area (Å²) in [6.45, 7) is 6.50. The highest BCUT2D eigenvalue weighted by molar-refractivity contribution is 7.98. The standard InChI is InChI=1S/C14H21N3O2S/c1-5-6-14(19)7-17(8-14)13(18)11-9(2)15-10(3)16-12(11)20-4/h19H,5-8H2,1-4H3.